The zero-order valence-corrected chi connectivity index (χ0v) is 9.48. The third kappa shape index (κ3) is 4.14. The van der Waals surface area contributed by atoms with Crippen LogP contribution in [0.15, 0.2) is 0 Å². The van der Waals surface area contributed by atoms with E-state index in [1.807, 2.05) is 0 Å². The topological polar surface area (TPSA) is 26.3 Å². The molecule has 4 heteroatoms. The van der Waals surface area contributed by atoms with E-state index < -0.39 is 11.5 Å². The molecule has 0 aliphatic heterocycles. The van der Waals surface area contributed by atoms with Gasteiger partial charge >= 0.3 is 5.97 Å². The summed E-state index contributed by atoms with van der Waals surface area (Å²) in [5.41, 5.74) is -0.531. The molecule has 0 spiro atoms. The molecule has 0 amide bonds. The number of halogens is 2. The normalized spacial score (nSPS) is 22.5. The van der Waals surface area contributed by atoms with Gasteiger partial charge in [0, 0.05) is 12.8 Å². The van der Waals surface area contributed by atoms with Gasteiger partial charge in [0.1, 0.15) is 5.60 Å². The van der Waals surface area contributed by atoms with E-state index in [9.17, 15) is 13.6 Å². The highest BCUT2D eigenvalue weighted by Gasteiger charge is 2.38. The second kappa shape index (κ2) is 4.06. The Balaban J connectivity index is 2.44. The highest BCUT2D eigenvalue weighted by atomic mass is 19.3. The third-order valence-electron chi connectivity index (χ3n) is 2.46. The van der Waals surface area contributed by atoms with Gasteiger partial charge in [0.15, 0.2) is 0 Å². The fourth-order valence-electron chi connectivity index (χ4n) is 1.66. The summed E-state index contributed by atoms with van der Waals surface area (Å²) in [6.07, 6.45) is 0.0810. The number of carbonyl (C=O) groups is 1. The van der Waals surface area contributed by atoms with Gasteiger partial charge in [-0.25, -0.2) is 8.78 Å². The average molecular weight is 220 g/mol. The maximum atomic E-state index is 12.8. The number of carbonyl (C=O) groups excluding carboxylic acids is 1. The molecule has 0 aromatic heterocycles. The number of ether oxygens (including phenoxy) is 1. The Bertz CT molecular complexity index is 233. The van der Waals surface area contributed by atoms with Crippen molar-refractivity contribution >= 4 is 5.97 Å². The highest BCUT2D eigenvalue weighted by molar-refractivity contribution is 5.73. The van der Waals surface area contributed by atoms with Crippen LogP contribution < -0.4 is 0 Å². The molecule has 0 saturated heterocycles. The fraction of sp³-hybridized carbons (Fsp3) is 0.909. The highest BCUT2D eigenvalue weighted by Crippen LogP contribution is 2.36. The molecule has 0 N–H and O–H groups in total. The fourth-order valence-corrected chi connectivity index (χ4v) is 1.66. The molecule has 0 aromatic carbocycles. The van der Waals surface area contributed by atoms with Gasteiger partial charge in [-0.15, -0.1) is 0 Å². The largest absolute Gasteiger partial charge is 0.460 e. The van der Waals surface area contributed by atoms with Crippen LogP contribution in [0.1, 0.15) is 46.5 Å². The Hall–Kier alpha value is -0.670. The first-order chi connectivity index (χ1) is 6.70. The number of hydrogen-bond donors (Lipinski definition) is 0. The van der Waals surface area contributed by atoms with Gasteiger partial charge in [0.05, 0.1) is 5.92 Å². The van der Waals surface area contributed by atoms with Crippen LogP contribution in [0.5, 0.6) is 0 Å². The van der Waals surface area contributed by atoms with E-state index in [-0.39, 0.29) is 37.6 Å². The quantitative estimate of drug-likeness (QED) is 0.634. The van der Waals surface area contributed by atoms with Crippen molar-refractivity contribution in [3.05, 3.63) is 0 Å². The summed E-state index contributed by atoms with van der Waals surface area (Å²) in [7, 11) is 0. The summed E-state index contributed by atoms with van der Waals surface area (Å²) in [5, 5.41) is 0. The third-order valence-corrected chi connectivity index (χ3v) is 2.46. The molecule has 0 aromatic rings. The minimum absolute atomic E-state index is 0.198. The molecular formula is C11H18F2O2. The molecule has 1 rings (SSSR count). The molecule has 0 unspecified atom stereocenters. The van der Waals surface area contributed by atoms with Crippen LogP contribution in [-0.4, -0.2) is 17.5 Å². The van der Waals surface area contributed by atoms with Crippen LogP contribution in [-0.2, 0) is 9.53 Å². The molecule has 1 aliphatic rings. The lowest BCUT2D eigenvalue weighted by Gasteiger charge is -2.29. The molecule has 0 bridgehead atoms. The van der Waals surface area contributed by atoms with E-state index in [0.717, 1.165) is 0 Å². The van der Waals surface area contributed by atoms with Crippen LogP contribution >= 0.6 is 0 Å². The van der Waals surface area contributed by atoms with Gasteiger partial charge in [-0.05, 0) is 33.6 Å². The zero-order valence-electron chi connectivity index (χ0n) is 9.48. The summed E-state index contributed by atoms with van der Waals surface area (Å²) in [4.78, 5) is 11.6. The molecule has 2 nitrogen and oxygen atoms in total. The lowest BCUT2D eigenvalue weighted by Crippen LogP contribution is -2.33. The van der Waals surface area contributed by atoms with Crippen molar-refractivity contribution in [2.24, 2.45) is 5.92 Å². The minimum Gasteiger partial charge on any atom is -0.460 e. The van der Waals surface area contributed by atoms with E-state index >= 15 is 0 Å². The first-order valence-corrected chi connectivity index (χ1v) is 5.30. The van der Waals surface area contributed by atoms with Crippen molar-refractivity contribution < 1.29 is 18.3 Å². The first-order valence-electron chi connectivity index (χ1n) is 5.30. The molecule has 0 radical (unpaired) electrons. The van der Waals surface area contributed by atoms with Gasteiger partial charge in [0.25, 0.3) is 0 Å². The Labute approximate surface area is 89.0 Å². The van der Waals surface area contributed by atoms with Crippen LogP contribution in [0.3, 0.4) is 0 Å². The van der Waals surface area contributed by atoms with Crippen molar-refractivity contribution in [2.75, 3.05) is 0 Å². The SMILES string of the molecule is CC(C)(C)OC(=O)C1CCC(F)(F)CC1. The summed E-state index contributed by atoms with van der Waals surface area (Å²) in [6.45, 7) is 5.34. The van der Waals surface area contributed by atoms with E-state index in [2.05, 4.69) is 0 Å². The predicted molar refractivity (Wildman–Crippen MR) is 52.8 cm³/mol. The van der Waals surface area contributed by atoms with Crippen LogP contribution in [0.2, 0.25) is 0 Å². The van der Waals surface area contributed by atoms with Crippen molar-refractivity contribution in [3.63, 3.8) is 0 Å². The monoisotopic (exact) mass is 220 g/mol. The van der Waals surface area contributed by atoms with Crippen molar-refractivity contribution in [3.8, 4) is 0 Å². The summed E-state index contributed by atoms with van der Waals surface area (Å²) in [5.74, 6) is -3.26. The number of rotatable bonds is 1. The molecule has 0 atom stereocenters. The lowest BCUT2D eigenvalue weighted by atomic mass is 9.87. The van der Waals surface area contributed by atoms with Crippen LogP contribution in [0, 0.1) is 5.92 Å². The van der Waals surface area contributed by atoms with Crippen molar-refractivity contribution in [2.45, 2.75) is 58.0 Å². The van der Waals surface area contributed by atoms with E-state index in [0.29, 0.717) is 0 Å². The molecule has 0 heterocycles. The molecule has 1 saturated carbocycles. The number of esters is 1. The van der Waals surface area contributed by atoms with Gasteiger partial charge in [-0.2, -0.15) is 0 Å². The van der Waals surface area contributed by atoms with Crippen molar-refractivity contribution in [1.29, 1.82) is 0 Å². The lowest BCUT2D eigenvalue weighted by molar-refractivity contribution is -0.163. The molecule has 1 aliphatic carbocycles. The maximum absolute atomic E-state index is 12.8. The first kappa shape index (κ1) is 12.4. The van der Waals surface area contributed by atoms with Crippen LogP contribution in [0.4, 0.5) is 8.78 Å². The van der Waals surface area contributed by atoms with Gasteiger partial charge < -0.3 is 4.74 Å². The molecule has 1 fully saturated rings. The molecule has 15 heavy (non-hydrogen) atoms. The number of hydrogen-bond acceptors (Lipinski definition) is 2. The standard InChI is InChI=1S/C11H18F2O2/c1-10(2,3)15-9(14)8-4-6-11(12,13)7-5-8/h8H,4-7H2,1-3H3. The van der Waals surface area contributed by atoms with Gasteiger partial charge in [-0.1, -0.05) is 0 Å². The number of alkyl halides is 2. The van der Waals surface area contributed by atoms with Gasteiger partial charge in [0.2, 0.25) is 5.92 Å². The molecular weight excluding hydrogens is 202 g/mol. The Kier molecular flexibility index (Phi) is 3.36. The Morgan fingerprint density at radius 1 is 1.27 bits per heavy atom. The Morgan fingerprint density at radius 2 is 1.73 bits per heavy atom. The second-order valence-corrected chi connectivity index (χ2v) is 5.16. The Morgan fingerprint density at radius 3 is 2.13 bits per heavy atom. The minimum atomic E-state index is -2.58. The summed E-state index contributed by atoms with van der Waals surface area (Å²) in [6, 6.07) is 0. The zero-order chi connectivity index (χ0) is 11.7. The second-order valence-electron chi connectivity index (χ2n) is 5.16. The average Bonchev–Trinajstić information content (AvgIpc) is 2.00. The summed E-state index contributed by atoms with van der Waals surface area (Å²) < 4.78 is 30.8. The van der Waals surface area contributed by atoms with Gasteiger partial charge in [-0.3, -0.25) is 4.79 Å². The summed E-state index contributed by atoms with van der Waals surface area (Å²) >= 11 is 0. The smallest absolute Gasteiger partial charge is 0.309 e. The predicted octanol–water partition coefficient (Wildman–Crippen LogP) is 3.15. The van der Waals surface area contributed by atoms with E-state index in [1.54, 1.807) is 20.8 Å². The van der Waals surface area contributed by atoms with E-state index in [1.165, 1.54) is 0 Å². The maximum Gasteiger partial charge on any atom is 0.309 e. The van der Waals surface area contributed by atoms with Crippen molar-refractivity contribution in [1.82, 2.24) is 0 Å². The molecule has 88 valence electrons. The van der Waals surface area contributed by atoms with Crippen LogP contribution in [0.25, 0.3) is 0 Å². The van der Waals surface area contributed by atoms with E-state index in [4.69, 9.17) is 4.74 Å².